The number of esters is 2. The van der Waals surface area contributed by atoms with Crippen LogP contribution in [-0.4, -0.2) is 46.1 Å². The quantitative estimate of drug-likeness (QED) is 0.493. The van der Waals surface area contributed by atoms with Crippen molar-refractivity contribution >= 4 is 11.9 Å². The minimum atomic E-state index is -0.340. The first-order chi connectivity index (χ1) is 15.8. The molecule has 0 unspecified atom stereocenters. The lowest BCUT2D eigenvalue weighted by Gasteiger charge is -2.12. The summed E-state index contributed by atoms with van der Waals surface area (Å²) in [5.74, 6) is -0.166. The smallest absolute Gasteiger partial charge is 0.341 e. The number of H-pyrrole nitrogens is 1. The van der Waals surface area contributed by atoms with E-state index in [4.69, 9.17) is 4.74 Å². The van der Waals surface area contributed by atoms with Crippen molar-refractivity contribution in [3.63, 3.8) is 0 Å². The molecule has 0 fully saturated rings. The van der Waals surface area contributed by atoms with Crippen LogP contribution in [0.25, 0.3) is 0 Å². The van der Waals surface area contributed by atoms with E-state index in [0.717, 1.165) is 30.8 Å². The van der Waals surface area contributed by atoms with Crippen LogP contribution in [0.2, 0.25) is 0 Å². The molecule has 0 radical (unpaired) electrons. The first kappa shape index (κ1) is 25.8. The number of ether oxygens (including phenoxy) is 2. The third-order valence-corrected chi connectivity index (χ3v) is 5.16. The number of aromatic amines is 1. The van der Waals surface area contributed by atoms with Gasteiger partial charge in [-0.1, -0.05) is 58.0 Å². The first-order valence-corrected chi connectivity index (χ1v) is 11.1. The third kappa shape index (κ3) is 7.03. The van der Waals surface area contributed by atoms with Crippen molar-refractivity contribution in [1.29, 1.82) is 0 Å². The number of aryl methyl sites for hydroxylation is 2. The highest BCUT2D eigenvalue weighted by atomic mass is 16.5. The zero-order valence-corrected chi connectivity index (χ0v) is 20.3. The van der Waals surface area contributed by atoms with Gasteiger partial charge in [-0.25, -0.2) is 9.59 Å². The molecule has 2 aromatic heterocycles. The maximum absolute atomic E-state index is 11.8. The van der Waals surface area contributed by atoms with Crippen molar-refractivity contribution in [3.05, 3.63) is 70.8 Å². The normalized spacial score (nSPS) is 10.7. The molecule has 0 atom stereocenters. The van der Waals surface area contributed by atoms with E-state index < -0.39 is 0 Å². The summed E-state index contributed by atoms with van der Waals surface area (Å²) < 4.78 is 11.3. The number of carbonyl (C=O) groups is 2. The molecule has 2 heterocycles. The van der Waals surface area contributed by atoms with E-state index in [0.29, 0.717) is 11.1 Å². The van der Waals surface area contributed by atoms with E-state index in [1.807, 2.05) is 24.6 Å². The molecular formula is C25H34N4O4. The highest BCUT2D eigenvalue weighted by Crippen LogP contribution is 2.21. The van der Waals surface area contributed by atoms with Crippen LogP contribution in [0.1, 0.15) is 83.6 Å². The lowest BCUT2D eigenvalue weighted by Crippen LogP contribution is -2.11. The highest BCUT2D eigenvalue weighted by molar-refractivity contribution is 5.90. The van der Waals surface area contributed by atoms with E-state index in [1.165, 1.54) is 26.0 Å². The van der Waals surface area contributed by atoms with Crippen LogP contribution in [0.3, 0.4) is 0 Å². The summed E-state index contributed by atoms with van der Waals surface area (Å²) in [7, 11) is 2.76. The van der Waals surface area contributed by atoms with Gasteiger partial charge < -0.3 is 9.47 Å². The number of rotatable bonds is 8. The Bertz CT molecular complexity index is 1020. The zero-order valence-electron chi connectivity index (χ0n) is 20.3. The fourth-order valence-electron chi connectivity index (χ4n) is 3.54. The molecule has 0 amide bonds. The maximum atomic E-state index is 11.8. The van der Waals surface area contributed by atoms with Crippen molar-refractivity contribution in [2.45, 2.75) is 58.9 Å². The van der Waals surface area contributed by atoms with Crippen LogP contribution in [0, 0.1) is 0 Å². The van der Waals surface area contributed by atoms with Crippen LogP contribution in [0.15, 0.2) is 42.7 Å². The number of nitrogens with zero attached hydrogens (tertiary/aromatic N) is 3. The number of methoxy groups -OCH3 is 2. The Morgan fingerprint density at radius 2 is 1.58 bits per heavy atom. The molecule has 33 heavy (non-hydrogen) atoms. The van der Waals surface area contributed by atoms with E-state index in [-0.39, 0.29) is 23.8 Å². The van der Waals surface area contributed by atoms with Crippen LogP contribution in [-0.2, 0) is 22.4 Å². The molecule has 8 heteroatoms. The molecule has 178 valence electrons. The predicted octanol–water partition coefficient (Wildman–Crippen LogP) is 4.75. The average molecular weight is 455 g/mol. The molecule has 0 saturated carbocycles. The van der Waals surface area contributed by atoms with Gasteiger partial charge in [0.2, 0.25) is 0 Å². The number of hydrogen-bond donors (Lipinski definition) is 1. The summed E-state index contributed by atoms with van der Waals surface area (Å²) in [5.41, 5.74) is 4.19. The second-order valence-electron chi connectivity index (χ2n) is 8.25. The van der Waals surface area contributed by atoms with Crippen LogP contribution < -0.4 is 0 Å². The fraction of sp³-hybridized carbons (Fsp3) is 0.440. The van der Waals surface area contributed by atoms with E-state index in [2.05, 4.69) is 58.1 Å². The first-order valence-electron chi connectivity index (χ1n) is 11.1. The Morgan fingerprint density at radius 3 is 2.15 bits per heavy atom. The number of carbonyl (C=O) groups excluding carboxylic acids is 2. The molecular weight excluding hydrogens is 420 g/mol. The lowest BCUT2D eigenvalue weighted by molar-refractivity contribution is 0.0590. The monoisotopic (exact) mass is 454 g/mol. The molecule has 3 rings (SSSR count). The largest absolute Gasteiger partial charge is 0.465 e. The SMILES string of the molecule is COC(=O)c1cn[nH]c1C(C)C.COC(=O)c1cnn(CCCc2ccccc2)c1C(C)C. The molecule has 3 aromatic rings. The fourth-order valence-corrected chi connectivity index (χ4v) is 3.54. The Labute approximate surface area is 195 Å². The lowest BCUT2D eigenvalue weighted by atomic mass is 10.1. The predicted molar refractivity (Wildman–Crippen MR) is 126 cm³/mol. The molecule has 0 aliphatic heterocycles. The molecule has 0 spiro atoms. The van der Waals surface area contributed by atoms with E-state index >= 15 is 0 Å². The summed E-state index contributed by atoms with van der Waals surface area (Å²) in [6, 6.07) is 10.4. The van der Waals surface area contributed by atoms with Crippen molar-refractivity contribution in [2.24, 2.45) is 0 Å². The minimum absolute atomic E-state index is 0.235. The summed E-state index contributed by atoms with van der Waals surface area (Å²) in [4.78, 5) is 22.9. The van der Waals surface area contributed by atoms with Crippen LogP contribution >= 0.6 is 0 Å². The molecule has 0 aliphatic carbocycles. The highest BCUT2D eigenvalue weighted by Gasteiger charge is 2.20. The zero-order chi connectivity index (χ0) is 24.4. The molecule has 8 nitrogen and oxygen atoms in total. The van der Waals surface area contributed by atoms with Gasteiger partial charge in [0, 0.05) is 6.54 Å². The van der Waals surface area contributed by atoms with E-state index in [1.54, 1.807) is 6.20 Å². The Hall–Kier alpha value is -3.42. The van der Waals surface area contributed by atoms with Gasteiger partial charge in [0.25, 0.3) is 0 Å². The van der Waals surface area contributed by atoms with Gasteiger partial charge >= 0.3 is 11.9 Å². The van der Waals surface area contributed by atoms with Crippen molar-refractivity contribution in [1.82, 2.24) is 20.0 Å². The summed E-state index contributed by atoms with van der Waals surface area (Å²) in [6.45, 7) is 8.91. The summed E-state index contributed by atoms with van der Waals surface area (Å²) in [6.07, 6.45) is 5.10. The Kier molecular flexibility index (Phi) is 9.84. The number of nitrogens with one attached hydrogen (secondary N) is 1. The average Bonchev–Trinajstić information content (AvgIpc) is 3.47. The van der Waals surface area contributed by atoms with Gasteiger partial charge in [-0.15, -0.1) is 0 Å². The van der Waals surface area contributed by atoms with Crippen LogP contribution in [0.4, 0.5) is 0 Å². The van der Waals surface area contributed by atoms with Gasteiger partial charge in [0.1, 0.15) is 11.1 Å². The summed E-state index contributed by atoms with van der Waals surface area (Å²) >= 11 is 0. The second-order valence-corrected chi connectivity index (χ2v) is 8.25. The second kappa shape index (κ2) is 12.6. The molecule has 0 saturated heterocycles. The van der Waals surface area contributed by atoms with Gasteiger partial charge in [-0.3, -0.25) is 9.78 Å². The number of hydrogen-bond acceptors (Lipinski definition) is 6. The Balaban J connectivity index is 0.000000273. The minimum Gasteiger partial charge on any atom is -0.465 e. The summed E-state index contributed by atoms with van der Waals surface area (Å²) in [5, 5.41) is 10.9. The Morgan fingerprint density at radius 1 is 0.939 bits per heavy atom. The molecule has 1 N–H and O–H groups in total. The maximum Gasteiger partial charge on any atom is 0.341 e. The third-order valence-electron chi connectivity index (χ3n) is 5.16. The van der Waals surface area contributed by atoms with Crippen molar-refractivity contribution in [3.8, 4) is 0 Å². The molecule has 1 aromatic carbocycles. The van der Waals surface area contributed by atoms with E-state index in [9.17, 15) is 9.59 Å². The van der Waals surface area contributed by atoms with Gasteiger partial charge in [0.15, 0.2) is 0 Å². The number of benzene rings is 1. The van der Waals surface area contributed by atoms with Gasteiger partial charge in [-0.2, -0.15) is 10.2 Å². The topological polar surface area (TPSA) is 99.1 Å². The molecule has 0 aliphatic rings. The molecule has 0 bridgehead atoms. The standard InChI is InChI=1S/C17H22N2O2.C8H12N2O2/c1-13(2)16-15(17(20)21-3)12-18-19(16)11-7-10-14-8-5-4-6-9-14;1-5(2)7-6(4-9-10-7)8(11)12-3/h4-6,8-9,12-13H,7,10-11H2,1-3H3;4-5H,1-3H3,(H,9,10). The number of aromatic nitrogens is 4. The van der Waals surface area contributed by atoms with Crippen LogP contribution in [0.5, 0.6) is 0 Å². The van der Waals surface area contributed by atoms with Crippen molar-refractivity contribution < 1.29 is 19.1 Å². The van der Waals surface area contributed by atoms with Crippen molar-refractivity contribution in [2.75, 3.05) is 14.2 Å². The van der Waals surface area contributed by atoms with Gasteiger partial charge in [-0.05, 0) is 30.2 Å². The van der Waals surface area contributed by atoms with Gasteiger partial charge in [0.05, 0.1) is 38.0 Å².